The maximum atomic E-state index is 11.5. The smallest absolute Gasteiger partial charge is 0.267 e. The van der Waals surface area contributed by atoms with Crippen LogP contribution < -0.4 is 5.73 Å². The molecule has 1 aromatic rings. The number of hydrogen-bond donors (Lipinski definition) is 1. The van der Waals surface area contributed by atoms with Gasteiger partial charge in [-0.1, -0.05) is 6.42 Å². The number of primary amides is 1. The average Bonchev–Trinajstić information content (AvgIpc) is 2.59. The Morgan fingerprint density at radius 1 is 1.36 bits per heavy atom. The third-order valence-corrected chi connectivity index (χ3v) is 5.69. The van der Waals surface area contributed by atoms with E-state index in [1.54, 1.807) is 20.4 Å². The maximum absolute atomic E-state index is 11.5. The van der Waals surface area contributed by atoms with Crippen LogP contribution in [0.4, 0.5) is 0 Å². The molecule has 2 heterocycles. The van der Waals surface area contributed by atoms with E-state index in [1.165, 1.54) is 6.42 Å². The first-order chi connectivity index (χ1) is 11.6. The Balaban J connectivity index is 0.00000225. The summed E-state index contributed by atoms with van der Waals surface area (Å²) in [7, 11) is 3.53. The first-order valence-corrected chi connectivity index (χ1v) is 8.64. The molecule has 0 unspecified atom stereocenters. The molecule has 1 amide bonds. The number of hydrogen-bond acceptors (Lipinski definition) is 5. The minimum atomic E-state index is -0.495. The van der Waals surface area contributed by atoms with Gasteiger partial charge in [0.1, 0.15) is 11.3 Å². The highest BCUT2D eigenvalue weighted by atomic mass is 35.5. The molecule has 1 saturated heterocycles. The molecule has 2 fully saturated rings. The number of piperidine rings is 1. The Bertz CT molecular complexity index is 585. The van der Waals surface area contributed by atoms with Gasteiger partial charge in [0.15, 0.2) is 0 Å². The van der Waals surface area contributed by atoms with Crippen molar-refractivity contribution in [3.63, 3.8) is 0 Å². The number of ether oxygens (including phenoxy) is 2. The van der Waals surface area contributed by atoms with Gasteiger partial charge in [0, 0.05) is 51.9 Å². The van der Waals surface area contributed by atoms with Gasteiger partial charge in [0.05, 0.1) is 6.61 Å². The molecule has 0 spiro atoms. The fraction of sp³-hybridized carbons (Fsp3) is 0.667. The monoisotopic (exact) mass is 369 g/mol. The number of carbonyl (C=O) groups excluding carboxylic acids is 1. The van der Waals surface area contributed by atoms with Crippen molar-refractivity contribution in [2.75, 3.05) is 40.5 Å². The highest BCUT2D eigenvalue weighted by Crippen LogP contribution is 2.51. The SMILES string of the molecule is COCCN1C[C@H]2CCC[C@@H](C1)[C@]2(OC)c1ccnc(C(N)=O)c1.Cl. The molecule has 7 heteroatoms. The second-order valence-corrected chi connectivity index (χ2v) is 6.87. The summed E-state index contributed by atoms with van der Waals surface area (Å²) in [5.41, 5.74) is 6.42. The van der Waals surface area contributed by atoms with E-state index in [-0.39, 0.29) is 18.0 Å². The number of nitrogens with two attached hydrogens (primary N) is 1. The Morgan fingerprint density at radius 3 is 2.60 bits per heavy atom. The van der Waals surface area contributed by atoms with Crippen molar-refractivity contribution in [1.29, 1.82) is 0 Å². The van der Waals surface area contributed by atoms with Crippen molar-refractivity contribution in [3.8, 4) is 0 Å². The number of rotatable bonds is 6. The Labute approximate surface area is 155 Å². The molecule has 140 valence electrons. The van der Waals surface area contributed by atoms with E-state index in [0.29, 0.717) is 17.5 Å². The van der Waals surface area contributed by atoms with E-state index in [0.717, 1.165) is 44.6 Å². The van der Waals surface area contributed by atoms with Gasteiger partial charge in [-0.25, -0.2) is 0 Å². The minimum absolute atomic E-state index is 0. The van der Waals surface area contributed by atoms with Gasteiger partial charge in [-0.15, -0.1) is 12.4 Å². The molecule has 3 atom stereocenters. The van der Waals surface area contributed by atoms with Gasteiger partial charge in [-0.3, -0.25) is 9.78 Å². The van der Waals surface area contributed by atoms with Crippen molar-refractivity contribution in [2.45, 2.75) is 24.9 Å². The summed E-state index contributed by atoms with van der Waals surface area (Å²) in [5.74, 6) is 0.302. The fourth-order valence-electron chi connectivity index (χ4n) is 4.66. The van der Waals surface area contributed by atoms with Crippen molar-refractivity contribution in [1.82, 2.24) is 9.88 Å². The maximum Gasteiger partial charge on any atom is 0.267 e. The van der Waals surface area contributed by atoms with Crippen LogP contribution in [0.25, 0.3) is 0 Å². The molecule has 1 aliphatic heterocycles. The Kier molecular flexibility index (Phi) is 6.79. The summed E-state index contributed by atoms with van der Waals surface area (Å²) in [4.78, 5) is 18.1. The highest BCUT2D eigenvalue weighted by Gasteiger charge is 2.53. The zero-order valence-corrected chi connectivity index (χ0v) is 15.8. The van der Waals surface area contributed by atoms with Crippen LogP contribution in [0.2, 0.25) is 0 Å². The van der Waals surface area contributed by atoms with Gasteiger partial charge in [0.25, 0.3) is 5.91 Å². The number of halogens is 1. The lowest BCUT2D eigenvalue weighted by Crippen LogP contribution is -2.59. The lowest BCUT2D eigenvalue weighted by Gasteiger charge is -2.55. The summed E-state index contributed by atoms with van der Waals surface area (Å²) in [6.45, 7) is 3.68. The molecule has 1 saturated carbocycles. The highest BCUT2D eigenvalue weighted by molar-refractivity contribution is 5.90. The summed E-state index contributed by atoms with van der Waals surface area (Å²) in [5, 5.41) is 0. The summed E-state index contributed by atoms with van der Waals surface area (Å²) < 4.78 is 11.4. The molecule has 25 heavy (non-hydrogen) atoms. The number of aromatic nitrogens is 1. The van der Waals surface area contributed by atoms with E-state index >= 15 is 0 Å². The van der Waals surface area contributed by atoms with Crippen molar-refractivity contribution in [2.24, 2.45) is 17.6 Å². The normalized spacial score (nSPS) is 29.0. The van der Waals surface area contributed by atoms with Gasteiger partial charge < -0.3 is 20.1 Å². The topological polar surface area (TPSA) is 77.7 Å². The van der Waals surface area contributed by atoms with E-state index in [9.17, 15) is 4.79 Å². The quantitative estimate of drug-likeness (QED) is 0.827. The molecule has 1 aromatic heterocycles. The number of methoxy groups -OCH3 is 2. The van der Waals surface area contributed by atoms with Crippen LogP contribution >= 0.6 is 12.4 Å². The van der Waals surface area contributed by atoms with Gasteiger partial charge in [-0.2, -0.15) is 0 Å². The Hall–Kier alpha value is -1.21. The Morgan fingerprint density at radius 2 is 2.04 bits per heavy atom. The molecule has 0 aromatic carbocycles. The fourth-order valence-corrected chi connectivity index (χ4v) is 4.66. The second kappa shape index (κ2) is 8.45. The first kappa shape index (κ1) is 20.1. The summed E-state index contributed by atoms with van der Waals surface area (Å²) in [6.07, 6.45) is 5.15. The molecular formula is C18H28ClN3O3. The van der Waals surface area contributed by atoms with Gasteiger partial charge in [-0.05, 0) is 30.5 Å². The van der Waals surface area contributed by atoms with Crippen molar-refractivity contribution in [3.05, 3.63) is 29.6 Å². The third kappa shape index (κ3) is 3.67. The first-order valence-electron chi connectivity index (χ1n) is 8.64. The summed E-state index contributed by atoms with van der Waals surface area (Å²) in [6, 6.07) is 3.80. The number of amides is 1. The van der Waals surface area contributed by atoms with Crippen LogP contribution in [0.3, 0.4) is 0 Å². The third-order valence-electron chi connectivity index (χ3n) is 5.69. The molecule has 2 bridgehead atoms. The van der Waals surface area contributed by atoms with E-state index in [2.05, 4.69) is 9.88 Å². The number of carbonyl (C=O) groups is 1. The average molecular weight is 370 g/mol. The molecule has 0 radical (unpaired) electrons. The van der Waals surface area contributed by atoms with Crippen LogP contribution in [0.15, 0.2) is 18.3 Å². The molecule has 2 N–H and O–H groups in total. The predicted molar refractivity (Wildman–Crippen MR) is 97.8 cm³/mol. The van der Waals surface area contributed by atoms with Crippen LogP contribution in [-0.2, 0) is 15.1 Å². The zero-order chi connectivity index (χ0) is 17.2. The standard InChI is InChI=1S/C18H27N3O3.ClH/c1-23-9-8-21-11-14-4-3-5-15(12-21)18(14,24-2)13-6-7-20-16(10-13)17(19)22;/h6-7,10,14-15H,3-5,8-9,11-12H2,1-2H3,(H2,19,22);1H/t14-,15+,18+;. The van der Waals surface area contributed by atoms with Crippen molar-refractivity contribution < 1.29 is 14.3 Å². The van der Waals surface area contributed by atoms with E-state index < -0.39 is 5.91 Å². The molecule has 1 aliphatic carbocycles. The molecular weight excluding hydrogens is 342 g/mol. The summed E-state index contributed by atoms with van der Waals surface area (Å²) >= 11 is 0. The largest absolute Gasteiger partial charge is 0.383 e. The lowest BCUT2D eigenvalue weighted by atomic mass is 9.62. The van der Waals surface area contributed by atoms with Crippen LogP contribution in [0.1, 0.15) is 35.3 Å². The van der Waals surface area contributed by atoms with Crippen LogP contribution in [-0.4, -0.2) is 56.3 Å². The molecule has 6 nitrogen and oxygen atoms in total. The van der Waals surface area contributed by atoms with E-state index in [1.807, 2.05) is 12.1 Å². The molecule has 3 rings (SSSR count). The predicted octanol–water partition coefficient (Wildman–Crippen LogP) is 1.82. The van der Waals surface area contributed by atoms with Crippen molar-refractivity contribution >= 4 is 18.3 Å². The number of pyridine rings is 1. The number of fused-ring (bicyclic) bond motifs is 2. The zero-order valence-electron chi connectivity index (χ0n) is 14.9. The van der Waals surface area contributed by atoms with Crippen LogP contribution in [0.5, 0.6) is 0 Å². The van der Waals surface area contributed by atoms with Gasteiger partial charge in [0.2, 0.25) is 0 Å². The number of nitrogens with zero attached hydrogens (tertiary/aromatic N) is 2. The van der Waals surface area contributed by atoms with E-state index in [4.69, 9.17) is 15.2 Å². The lowest BCUT2D eigenvalue weighted by molar-refractivity contribution is -0.170. The van der Waals surface area contributed by atoms with Crippen LogP contribution in [0, 0.1) is 11.8 Å². The molecule has 2 aliphatic rings. The number of likely N-dealkylation sites (tertiary alicyclic amines) is 1. The van der Waals surface area contributed by atoms with Gasteiger partial charge >= 0.3 is 0 Å². The second-order valence-electron chi connectivity index (χ2n) is 6.87. The minimum Gasteiger partial charge on any atom is -0.383 e.